The number of anilines is 2. The zero-order chi connectivity index (χ0) is 20.7. The summed E-state index contributed by atoms with van der Waals surface area (Å²) in [6.07, 6.45) is 1.04. The highest BCUT2D eigenvalue weighted by Crippen LogP contribution is 2.25. The van der Waals surface area contributed by atoms with Crippen LogP contribution >= 0.6 is 23.2 Å². The van der Waals surface area contributed by atoms with Crippen molar-refractivity contribution in [1.29, 1.82) is 0 Å². The van der Waals surface area contributed by atoms with Crippen molar-refractivity contribution in [1.82, 2.24) is 14.8 Å². The minimum absolute atomic E-state index is 0.489. The number of benzene rings is 1. The van der Waals surface area contributed by atoms with Gasteiger partial charge < -0.3 is 20.4 Å². The maximum absolute atomic E-state index is 6.11. The van der Waals surface area contributed by atoms with E-state index in [0.29, 0.717) is 21.8 Å². The Bertz CT molecular complexity index is 820. The second kappa shape index (κ2) is 10.5. The molecule has 6 nitrogen and oxygen atoms in total. The van der Waals surface area contributed by atoms with E-state index in [9.17, 15) is 0 Å². The fraction of sp³-hybridized carbons (Fsp3) is 0.400. The topological polar surface area (TPSA) is 55.8 Å². The van der Waals surface area contributed by atoms with Crippen LogP contribution in [0.15, 0.2) is 35.3 Å². The van der Waals surface area contributed by atoms with E-state index in [1.54, 1.807) is 12.1 Å². The predicted octanol–water partition coefficient (Wildman–Crippen LogP) is 4.72. The van der Waals surface area contributed by atoms with E-state index in [4.69, 9.17) is 23.2 Å². The van der Waals surface area contributed by atoms with Gasteiger partial charge in [-0.2, -0.15) is 4.99 Å². The Morgan fingerprint density at radius 2 is 1.82 bits per heavy atom. The highest BCUT2D eigenvalue weighted by atomic mass is 35.5. The number of nitrogens with one attached hydrogen (secondary N) is 2. The third-order valence-corrected chi connectivity index (χ3v) is 4.60. The lowest BCUT2D eigenvalue weighted by atomic mass is 10.3. The average molecular weight is 423 g/mol. The molecule has 0 amide bonds. The molecular weight excluding hydrogens is 395 g/mol. The van der Waals surface area contributed by atoms with Crippen LogP contribution in [-0.2, 0) is 0 Å². The Kier molecular flexibility index (Phi) is 8.35. The number of aryl methyl sites for hydroxylation is 1. The van der Waals surface area contributed by atoms with Crippen molar-refractivity contribution in [2.45, 2.75) is 13.3 Å². The number of nitrogens with zero attached hydrogens (tertiary/aromatic N) is 4. The fourth-order valence-corrected chi connectivity index (χ4v) is 2.76. The molecule has 2 aromatic rings. The molecule has 0 atom stereocenters. The number of pyridine rings is 1. The van der Waals surface area contributed by atoms with E-state index in [1.807, 2.05) is 44.1 Å². The van der Waals surface area contributed by atoms with Gasteiger partial charge in [0.05, 0.1) is 10.0 Å². The SMILES string of the molecule is Cc1cc(/N=C(/Nc2ccc(Cl)c(Cl)c2)N(C)C)nc(NCCCN(C)C)c1. The summed E-state index contributed by atoms with van der Waals surface area (Å²) in [6, 6.07) is 9.35. The molecule has 1 heterocycles. The maximum Gasteiger partial charge on any atom is 0.204 e. The molecule has 1 aromatic carbocycles. The van der Waals surface area contributed by atoms with Crippen LogP contribution < -0.4 is 10.6 Å². The lowest BCUT2D eigenvalue weighted by Crippen LogP contribution is -2.29. The van der Waals surface area contributed by atoms with E-state index in [0.717, 1.165) is 36.6 Å². The van der Waals surface area contributed by atoms with Gasteiger partial charge in [-0.1, -0.05) is 23.2 Å². The van der Waals surface area contributed by atoms with Crippen molar-refractivity contribution in [2.24, 2.45) is 4.99 Å². The molecule has 0 aliphatic heterocycles. The molecule has 0 bridgehead atoms. The molecule has 0 saturated carbocycles. The summed E-state index contributed by atoms with van der Waals surface area (Å²) < 4.78 is 0. The van der Waals surface area contributed by atoms with E-state index < -0.39 is 0 Å². The summed E-state index contributed by atoms with van der Waals surface area (Å²) in [5, 5.41) is 7.64. The summed E-state index contributed by atoms with van der Waals surface area (Å²) in [4.78, 5) is 13.4. The van der Waals surface area contributed by atoms with Crippen LogP contribution in [0.3, 0.4) is 0 Å². The molecule has 152 valence electrons. The van der Waals surface area contributed by atoms with Gasteiger partial charge in [0.15, 0.2) is 5.82 Å². The first-order valence-electron chi connectivity index (χ1n) is 9.10. The van der Waals surface area contributed by atoms with Crippen LogP contribution in [0, 0.1) is 6.92 Å². The minimum Gasteiger partial charge on any atom is -0.370 e. The molecule has 2 rings (SSSR count). The molecule has 28 heavy (non-hydrogen) atoms. The summed E-state index contributed by atoms with van der Waals surface area (Å²) >= 11 is 12.1. The monoisotopic (exact) mass is 422 g/mol. The van der Waals surface area contributed by atoms with Gasteiger partial charge in [-0.15, -0.1) is 0 Å². The Morgan fingerprint density at radius 1 is 1.07 bits per heavy atom. The zero-order valence-corrected chi connectivity index (χ0v) is 18.6. The van der Waals surface area contributed by atoms with E-state index in [1.165, 1.54) is 0 Å². The number of aromatic nitrogens is 1. The fourth-order valence-electron chi connectivity index (χ4n) is 2.46. The van der Waals surface area contributed by atoms with Gasteiger partial charge in [0.2, 0.25) is 5.96 Å². The Hall–Kier alpha value is -2.02. The summed E-state index contributed by atoms with van der Waals surface area (Å²) in [6.45, 7) is 3.93. The molecule has 0 spiro atoms. The molecule has 0 unspecified atom stereocenters. The second-order valence-corrected chi connectivity index (χ2v) is 7.87. The van der Waals surface area contributed by atoms with Gasteiger partial charge in [0.1, 0.15) is 5.82 Å². The van der Waals surface area contributed by atoms with E-state index in [-0.39, 0.29) is 0 Å². The Labute approximate surface area is 177 Å². The van der Waals surface area contributed by atoms with Crippen molar-refractivity contribution >= 4 is 46.5 Å². The number of halogens is 2. The molecule has 0 saturated heterocycles. The van der Waals surface area contributed by atoms with Crippen molar-refractivity contribution < 1.29 is 0 Å². The van der Waals surface area contributed by atoms with Gasteiger partial charge in [-0.05, 0) is 69.9 Å². The third kappa shape index (κ3) is 7.19. The lowest BCUT2D eigenvalue weighted by molar-refractivity contribution is 0.405. The first kappa shape index (κ1) is 22.3. The lowest BCUT2D eigenvalue weighted by Gasteiger charge is -2.18. The van der Waals surface area contributed by atoms with Crippen LogP contribution in [0.2, 0.25) is 10.0 Å². The second-order valence-electron chi connectivity index (χ2n) is 7.06. The standard InChI is InChI=1S/C20H28Cl2N6/c1-14-11-18(23-9-6-10-27(2)3)25-19(12-14)26-20(28(4)5)24-15-7-8-16(21)17(22)13-15/h7-8,11-13H,6,9-10H2,1-5H3,(H2,23,24,25,26). The molecular formula is C20H28Cl2N6. The highest BCUT2D eigenvalue weighted by molar-refractivity contribution is 6.42. The summed E-state index contributed by atoms with van der Waals surface area (Å²) in [5.74, 6) is 2.10. The van der Waals surface area contributed by atoms with Gasteiger partial charge in [-0.25, -0.2) is 4.98 Å². The van der Waals surface area contributed by atoms with Gasteiger partial charge in [0.25, 0.3) is 0 Å². The van der Waals surface area contributed by atoms with E-state index >= 15 is 0 Å². The highest BCUT2D eigenvalue weighted by Gasteiger charge is 2.07. The van der Waals surface area contributed by atoms with Crippen LogP contribution in [0.5, 0.6) is 0 Å². The van der Waals surface area contributed by atoms with Crippen molar-refractivity contribution in [3.05, 3.63) is 45.9 Å². The van der Waals surface area contributed by atoms with Crippen LogP contribution in [0.25, 0.3) is 0 Å². The normalized spacial score (nSPS) is 11.6. The number of aliphatic imine (C=N–C) groups is 1. The Morgan fingerprint density at radius 3 is 2.46 bits per heavy atom. The molecule has 0 aliphatic carbocycles. The van der Waals surface area contributed by atoms with Gasteiger partial charge >= 0.3 is 0 Å². The predicted molar refractivity (Wildman–Crippen MR) is 122 cm³/mol. The molecule has 0 aliphatic rings. The summed E-state index contributed by atoms with van der Waals surface area (Å²) in [5.41, 5.74) is 1.90. The number of guanidine groups is 1. The first-order chi connectivity index (χ1) is 13.2. The quantitative estimate of drug-likeness (QED) is 0.383. The zero-order valence-electron chi connectivity index (χ0n) is 17.1. The summed E-state index contributed by atoms with van der Waals surface area (Å²) in [7, 11) is 7.97. The van der Waals surface area contributed by atoms with Crippen LogP contribution in [-0.4, -0.2) is 62.0 Å². The number of rotatable bonds is 7. The number of hydrogen-bond acceptors (Lipinski definition) is 4. The molecule has 2 N–H and O–H groups in total. The van der Waals surface area contributed by atoms with Crippen molar-refractivity contribution in [3.8, 4) is 0 Å². The molecule has 8 heteroatoms. The van der Waals surface area contributed by atoms with Gasteiger partial charge in [-0.3, -0.25) is 0 Å². The number of hydrogen-bond donors (Lipinski definition) is 2. The first-order valence-corrected chi connectivity index (χ1v) is 9.85. The molecule has 0 fully saturated rings. The van der Waals surface area contributed by atoms with Crippen LogP contribution in [0.4, 0.5) is 17.3 Å². The smallest absolute Gasteiger partial charge is 0.204 e. The van der Waals surface area contributed by atoms with Gasteiger partial charge in [0, 0.05) is 26.3 Å². The maximum atomic E-state index is 6.11. The Balaban J connectivity index is 2.17. The van der Waals surface area contributed by atoms with Crippen molar-refractivity contribution in [2.75, 3.05) is 51.9 Å². The largest absolute Gasteiger partial charge is 0.370 e. The van der Waals surface area contributed by atoms with E-state index in [2.05, 4.69) is 39.6 Å². The third-order valence-electron chi connectivity index (χ3n) is 3.86. The average Bonchev–Trinajstić information content (AvgIpc) is 2.60. The molecule has 1 aromatic heterocycles. The molecule has 0 radical (unpaired) electrons. The van der Waals surface area contributed by atoms with Crippen LogP contribution in [0.1, 0.15) is 12.0 Å². The van der Waals surface area contributed by atoms with Crippen molar-refractivity contribution in [3.63, 3.8) is 0 Å². The minimum atomic E-state index is 0.489.